The van der Waals surface area contributed by atoms with E-state index < -0.39 is 0 Å². The Hall–Kier alpha value is -0.450. The normalized spacial score (nSPS) is 10.4. The fraction of sp³-hybridized carbons (Fsp3) is 0. The average molecular weight is 359 g/mol. The molecule has 0 aliphatic rings. The van der Waals surface area contributed by atoms with Gasteiger partial charge in [0.15, 0.2) is 0 Å². The fourth-order valence-electron chi connectivity index (χ4n) is 1.24. The molecule has 0 radical (unpaired) electrons. The van der Waals surface area contributed by atoms with E-state index in [1.807, 2.05) is 36.4 Å². The molecule has 0 spiro atoms. The number of nitrogen functional groups attached to an aromatic ring is 1. The van der Waals surface area contributed by atoms with Crippen molar-refractivity contribution in [2.75, 3.05) is 5.73 Å². The van der Waals surface area contributed by atoms with Gasteiger partial charge in [0.1, 0.15) is 0 Å². The number of rotatable bonds is 2. The van der Waals surface area contributed by atoms with Gasteiger partial charge in [-0.05, 0) is 46.3 Å². The highest BCUT2D eigenvalue weighted by molar-refractivity contribution is 9.10. The first-order valence-electron chi connectivity index (χ1n) is 4.64. The summed E-state index contributed by atoms with van der Waals surface area (Å²) >= 11 is 8.62. The molecule has 0 bridgehead atoms. The molecule has 0 unspecified atom stereocenters. The third-order valence-corrected chi connectivity index (χ3v) is 4.63. The minimum Gasteiger partial charge on any atom is -0.398 e. The maximum Gasteiger partial charge on any atom is 0.0456 e. The zero-order valence-corrected chi connectivity index (χ0v) is 12.3. The Morgan fingerprint density at radius 3 is 2.44 bits per heavy atom. The highest BCUT2D eigenvalue weighted by Gasteiger charge is 2.05. The molecule has 2 aromatic rings. The first-order valence-corrected chi connectivity index (χ1v) is 7.04. The largest absolute Gasteiger partial charge is 0.398 e. The summed E-state index contributed by atoms with van der Waals surface area (Å²) in [6.07, 6.45) is 0. The van der Waals surface area contributed by atoms with Crippen molar-refractivity contribution in [3.63, 3.8) is 0 Å². The zero-order chi connectivity index (χ0) is 11.5. The highest BCUT2D eigenvalue weighted by atomic mass is 79.9. The predicted octanol–water partition coefficient (Wildman–Crippen LogP) is 4.95. The Morgan fingerprint density at radius 2 is 1.69 bits per heavy atom. The Kier molecular flexibility index (Phi) is 3.95. The summed E-state index contributed by atoms with van der Waals surface area (Å²) in [6.45, 7) is 0. The second-order valence-electron chi connectivity index (χ2n) is 3.21. The number of nitrogens with two attached hydrogens (primary N) is 1. The monoisotopic (exact) mass is 357 g/mol. The van der Waals surface area contributed by atoms with Crippen LogP contribution in [0.4, 0.5) is 5.69 Å². The van der Waals surface area contributed by atoms with Gasteiger partial charge in [0.05, 0.1) is 0 Å². The van der Waals surface area contributed by atoms with Gasteiger partial charge in [0, 0.05) is 24.4 Å². The van der Waals surface area contributed by atoms with Crippen LogP contribution in [0.25, 0.3) is 0 Å². The summed E-state index contributed by atoms with van der Waals surface area (Å²) in [4.78, 5) is 2.22. The molecule has 1 nitrogen and oxygen atoms in total. The number of hydrogen-bond donors (Lipinski definition) is 1. The van der Waals surface area contributed by atoms with Gasteiger partial charge in [-0.25, -0.2) is 0 Å². The van der Waals surface area contributed by atoms with Crippen LogP contribution >= 0.6 is 43.6 Å². The minimum atomic E-state index is 0.795. The minimum absolute atomic E-state index is 0.795. The lowest BCUT2D eigenvalue weighted by Crippen LogP contribution is -1.88. The van der Waals surface area contributed by atoms with Crippen LogP contribution in [0.15, 0.2) is 61.2 Å². The van der Waals surface area contributed by atoms with E-state index in [4.69, 9.17) is 5.73 Å². The number of anilines is 1. The molecular weight excluding hydrogens is 350 g/mol. The van der Waals surface area contributed by atoms with Crippen molar-refractivity contribution in [1.29, 1.82) is 0 Å². The number of hydrogen-bond acceptors (Lipinski definition) is 2. The van der Waals surface area contributed by atoms with E-state index in [1.165, 1.54) is 0 Å². The van der Waals surface area contributed by atoms with Gasteiger partial charge in [0.25, 0.3) is 0 Å². The van der Waals surface area contributed by atoms with E-state index in [1.54, 1.807) is 11.8 Å². The van der Waals surface area contributed by atoms with Gasteiger partial charge < -0.3 is 5.73 Å². The molecule has 82 valence electrons. The Balaban J connectivity index is 2.34. The molecule has 4 heteroatoms. The maximum atomic E-state index is 5.93. The molecule has 0 atom stereocenters. The summed E-state index contributed by atoms with van der Waals surface area (Å²) in [5, 5.41) is 0. The lowest BCUT2D eigenvalue weighted by atomic mass is 10.3. The van der Waals surface area contributed by atoms with Gasteiger partial charge in [0.2, 0.25) is 0 Å². The predicted molar refractivity (Wildman–Crippen MR) is 76.8 cm³/mol. The second-order valence-corrected chi connectivity index (χ2v) is 6.07. The SMILES string of the molecule is Nc1ccc(Br)cc1Sc1ccccc1Br. The van der Waals surface area contributed by atoms with Crippen molar-refractivity contribution in [3.8, 4) is 0 Å². The summed E-state index contributed by atoms with van der Waals surface area (Å²) in [7, 11) is 0. The van der Waals surface area contributed by atoms with Crippen molar-refractivity contribution in [2.24, 2.45) is 0 Å². The Morgan fingerprint density at radius 1 is 0.938 bits per heavy atom. The van der Waals surface area contributed by atoms with Gasteiger partial charge in [-0.2, -0.15) is 0 Å². The molecule has 0 amide bonds. The van der Waals surface area contributed by atoms with Gasteiger partial charge >= 0.3 is 0 Å². The Bertz CT molecular complexity index is 514. The van der Waals surface area contributed by atoms with Gasteiger partial charge in [-0.3, -0.25) is 0 Å². The van der Waals surface area contributed by atoms with Crippen molar-refractivity contribution >= 4 is 49.3 Å². The molecule has 2 aromatic carbocycles. The van der Waals surface area contributed by atoms with Gasteiger partial charge in [-0.15, -0.1) is 0 Å². The summed E-state index contributed by atoms with van der Waals surface area (Å²) in [5.74, 6) is 0. The third-order valence-electron chi connectivity index (χ3n) is 2.03. The van der Waals surface area contributed by atoms with Crippen LogP contribution in [0.5, 0.6) is 0 Å². The summed E-state index contributed by atoms with van der Waals surface area (Å²) in [6, 6.07) is 14.0. The molecule has 0 aliphatic carbocycles. The van der Waals surface area contributed by atoms with Crippen LogP contribution in [-0.2, 0) is 0 Å². The molecule has 0 fully saturated rings. The molecule has 0 saturated heterocycles. The molecule has 0 aliphatic heterocycles. The van der Waals surface area contributed by atoms with E-state index in [9.17, 15) is 0 Å². The molecule has 0 saturated carbocycles. The van der Waals surface area contributed by atoms with Gasteiger partial charge in [-0.1, -0.05) is 39.8 Å². The van der Waals surface area contributed by atoms with Crippen molar-refractivity contribution in [3.05, 3.63) is 51.4 Å². The lowest BCUT2D eigenvalue weighted by molar-refractivity contribution is 1.37. The molecular formula is C12H9Br2NS. The van der Waals surface area contributed by atoms with Crippen molar-refractivity contribution in [1.82, 2.24) is 0 Å². The molecule has 2 N–H and O–H groups in total. The maximum absolute atomic E-state index is 5.93. The van der Waals surface area contributed by atoms with E-state index in [2.05, 4.69) is 37.9 Å². The van der Waals surface area contributed by atoms with Crippen LogP contribution < -0.4 is 5.73 Å². The lowest BCUT2D eigenvalue weighted by Gasteiger charge is -2.07. The van der Waals surface area contributed by atoms with E-state index in [0.29, 0.717) is 0 Å². The summed E-state index contributed by atoms with van der Waals surface area (Å²) < 4.78 is 2.12. The third kappa shape index (κ3) is 2.81. The standard InChI is InChI=1S/C12H9Br2NS/c13-8-5-6-10(15)12(7-8)16-11-4-2-1-3-9(11)14/h1-7H,15H2. The Labute approximate surface area is 116 Å². The van der Waals surface area contributed by atoms with E-state index in [-0.39, 0.29) is 0 Å². The first-order chi connectivity index (χ1) is 7.66. The number of halogens is 2. The quantitative estimate of drug-likeness (QED) is 0.769. The van der Waals surface area contributed by atoms with E-state index in [0.717, 1.165) is 24.4 Å². The average Bonchev–Trinajstić information content (AvgIpc) is 2.27. The topological polar surface area (TPSA) is 26.0 Å². The smallest absolute Gasteiger partial charge is 0.0456 e. The van der Waals surface area contributed by atoms with Crippen molar-refractivity contribution in [2.45, 2.75) is 9.79 Å². The molecule has 0 heterocycles. The van der Waals surface area contributed by atoms with Crippen molar-refractivity contribution < 1.29 is 0 Å². The molecule has 16 heavy (non-hydrogen) atoms. The highest BCUT2D eigenvalue weighted by Crippen LogP contribution is 2.37. The van der Waals surface area contributed by atoms with Crippen LogP contribution in [0.1, 0.15) is 0 Å². The van der Waals surface area contributed by atoms with Crippen LogP contribution in [0.3, 0.4) is 0 Å². The summed E-state index contributed by atoms with van der Waals surface area (Å²) in [5.41, 5.74) is 6.73. The first kappa shape index (κ1) is 12.0. The molecule has 0 aromatic heterocycles. The van der Waals surface area contributed by atoms with Crippen LogP contribution in [-0.4, -0.2) is 0 Å². The van der Waals surface area contributed by atoms with Crippen LogP contribution in [0, 0.1) is 0 Å². The van der Waals surface area contributed by atoms with Crippen LogP contribution in [0.2, 0.25) is 0 Å². The fourth-order valence-corrected chi connectivity index (χ4v) is 3.20. The van der Waals surface area contributed by atoms with E-state index >= 15 is 0 Å². The second kappa shape index (κ2) is 5.25. The number of benzene rings is 2. The molecule has 2 rings (SSSR count). The zero-order valence-electron chi connectivity index (χ0n) is 8.28.